The van der Waals surface area contributed by atoms with E-state index in [4.69, 9.17) is 5.11 Å². The molecule has 17 heavy (non-hydrogen) atoms. The predicted molar refractivity (Wildman–Crippen MR) is 73.9 cm³/mol. The van der Waals surface area contributed by atoms with Gasteiger partial charge in [-0.1, -0.05) is 22.0 Å². The van der Waals surface area contributed by atoms with Gasteiger partial charge in [-0.15, -0.1) is 11.3 Å². The lowest BCUT2D eigenvalue weighted by molar-refractivity contribution is 0.0702. The number of rotatable bonds is 2. The lowest BCUT2D eigenvalue weighted by atomic mass is 10.0. The van der Waals surface area contributed by atoms with Gasteiger partial charge in [0.2, 0.25) is 0 Å². The number of hydrogen-bond acceptors (Lipinski definition) is 2. The van der Waals surface area contributed by atoms with Crippen LogP contribution in [0.15, 0.2) is 28.7 Å². The molecule has 0 saturated heterocycles. The largest absolute Gasteiger partial charge is 0.477 e. The second-order valence-electron chi connectivity index (χ2n) is 3.91. The zero-order valence-corrected chi connectivity index (χ0v) is 11.9. The molecular formula is C13H11BrO2S. The molecular weight excluding hydrogens is 300 g/mol. The van der Waals surface area contributed by atoms with E-state index in [0.717, 1.165) is 20.5 Å². The third-order valence-electron chi connectivity index (χ3n) is 2.49. The minimum Gasteiger partial charge on any atom is -0.477 e. The molecule has 1 aromatic heterocycles. The molecule has 0 radical (unpaired) electrons. The van der Waals surface area contributed by atoms with Crippen molar-refractivity contribution in [3.05, 3.63) is 44.7 Å². The number of carboxylic acids is 1. The summed E-state index contributed by atoms with van der Waals surface area (Å²) in [5, 5.41) is 8.93. The first-order valence-electron chi connectivity index (χ1n) is 5.09. The van der Waals surface area contributed by atoms with Crippen LogP contribution in [0.1, 0.15) is 20.8 Å². The van der Waals surface area contributed by atoms with Gasteiger partial charge in [0, 0.05) is 14.9 Å². The second-order valence-corrected chi connectivity index (χ2v) is 5.85. The van der Waals surface area contributed by atoms with E-state index in [1.807, 2.05) is 26.0 Å². The maximum atomic E-state index is 10.9. The van der Waals surface area contributed by atoms with Gasteiger partial charge in [0.1, 0.15) is 4.88 Å². The SMILES string of the molecule is Cc1cc(C)c(-c2ccc(C(=O)O)s2)c(Br)c1. The van der Waals surface area contributed by atoms with Crippen molar-refractivity contribution in [2.24, 2.45) is 0 Å². The Bertz CT molecular complexity index is 564. The van der Waals surface area contributed by atoms with Gasteiger partial charge in [0.05, 0.1) is 0 Å². The molecule has 0 atom stereocenters. The Morgan fingerprint density at radius 1 is 1.29 bits per heavy atom. The van der Waals surface area contributed by atoms with Gasteiger partial charge in [0.15, 0.2) is 0 Å². The highest BCUT2D eigenvalue weighted by atomic mass is 79.9. The lowest BCUT2D eigenvalue weighted by Gasteiger charge is -2.07. The van der Waals surface area contributed by atoms with Crippen molar-refractivity contribution >= 4 is 33.2 Å². The van der Waals surface area contributed by atoms with Crippen LogP contribution in [0.25, 0.3) is 10.4 Å². The average Bonchev–Trinajstić information content (AvgIpc) is 2.65. The van der Waals surface area contributed by atoms with Crippen molar-refractivity contribution in [1.82, 2.24) is 0 Å². The summed E-state index contributed by atoms with van der Waals surface area (Å²) in [5.41, 5.74) is 3.41. The van der Waals surface area contributed by atoms with Crippen LogP contribution in [0.4, 0.5) is 0 Å². The number of hydrogen-bond donors (Lipinski definition) is 1. The average molecular weight is 311 g/mol. The monoisotopic (exact) mass is 310 g/mol. The maximum Gasteiger partial charge on any atom is 0.345 e. The predicted octanol–water partition coefficient (Wildman–Crippen LogP) is 4.49. The third kappa shape index (κ3) is 2.42. The Balaban J connectivity index is 2.56. The van der Waals surface area contributed by atoms with Gasteiger partial charge in [-0.05, 0) is 43.2 Å². The van der Waals surface area contributed by atoms with Crippen LogP contribution in [0.5, 0.6) is 0 Å². The molecule has 0 spiro atoms. The molecule has 0 unspecified atom stereocenters. The fourth-order valence-electron chi connectivity index (χ4n) is 1.81. The smallest absolute Gasteiger partial charge is 0.345 e. The molecule has 1 heterocycles. The Morgan fingerprint density at radius 3 is 2.53 bits per heavy atom. The first-order chi connectivity index (χ1) is 7.99. The Morgan fingerprint density at radius 2 is 2.00 bits per heavy atom. The van der Waals surface area contributed by atoms with E-state index in [1.165, 1.54) is 16.9 Å². The molecule has 0 fully saturated rings. The molecule has 1 N–H and O–H groups in total. The van der Waals surface area contributed by atoms with Crippen LogP contribution in [0.3, 0.4) is 0 Å². The van der Waals surface area contributed by atoms with Crippen molar-refractivity contribution in [3.63, 3.8) is 0 Å². The number of thiophene rings is 1. The summed E-state index contributed by atoms with van der Waals surface area (Å²) in [6.07, 6.45) is 0. The fourth-order valence-corrected chi connectivity index (χ4v) is 3.80. The van der Waals surface area contributed by atoms with Crippen molar-refractivity contribution in [3.8, 4) is 10.4 Å². The maximum absolute atomic E-state index is 10.9. The fraction of sp³-hybridized carbons (Fsp3) is 0.154. The van der Waals surface area contributed by atoms with Gasteiger partial charge >= 0.3 is 5.97 Å². The van der Waals surface area contributed by atoms with Gasteiger partial charge in [0.25, 0.3) is 0 Å². The van der Waals surface area contributed by atoms with E-state index in [9.17, 15) is 4.79 Å². The second kappa shape index (κ2) is 4.63. The molecule has 2 rings (SSSR count). The summed E-state index contributed by atoms with van der Waals surface area (Å²) in [6, 6.07) is 7.65. The van der Waals surface area contributed by atoms with E-state index in [2.05, 4.69) is 22.0 Å². The minimum atomic E-state index is -0.873. The lowest BCUT2D eigenvalue weighted by Crippen LogP contribution is -1.89. The summed E-state index contributed by atoms with van der Waals surface area (Å²) >= 11 is 4.84. The van der Waals surface area contributed by atoms with Gasteiger partial charge < -0.3 is 5.11 Å². The van der Waals surface area contributed by atoms with E-state index in [0.29, 0.717) is 4.88 Å². The van der Waals surface area contributed by atoms with Gasteiger partial charge in [-0.25, -0.2) is 4.79 Å². The van der Waals surface area contributed by atoms with Crippen molar-refractivity contribution in [1.29, 1.82) is 0 Å². The first kappa shape index (κ1) is 12.3. The number of halogens is 1. The summed E-state index contributed by atoms with van der Waals surface area (Å²) in [6.45, 7) is 4.08. The van der Waals surface area contributed by atoms with Crippen LogP contribution < -0.4 is 0 Å². The van der Waals surface area contributed by atoms with Crippen LogP contribution in [0, 0.1) is 13.8 Å². The summed E-state index contributed by atoms with van der Waals surface area (Å²) in [7, 11) is 0. The molecule has 0 bridgehead atoms. The zero-order chi connectivity index (χ0) is 12.6. The molecule has 0 saturated carbocycles. The molecule has 1 aromatic carbocycles. The Kier molecular flexibility index (Phi) is 3.35. The molecule has 0 aliphatic heterocycles. The molecule has 0 aliphatic rings. The Labute approximate surface area is 112 Å². The summed E-state index contributed by atoms with van der Waals surface area (Å²) in [4.78, 5) is 12.2. The quantitative estimate of drug-likeness (QED) is 0.887. The summed E-state index contributed by atoms with van der Waals surface area (Å²) in [5.74, 6) is -0.873. The van der Waals surface area contributed by atoms with Crippen LogP contribution in [-0.2, 0) is 0 Å². The van der Waals surface area contributed by atoms with Crippen LogP contribution in [-0.4, -0.2) is 11.1 Å². The molecule has 0 amide bonds. The number of carbonyl (C=O) groups is 1. The van der Waals surface area contributed by atoms with E-state index in [-0.39, 0.29) is 0 Å². The van der Waals surface area contributed by atoms with Gasteiger partial charge in [-0.2, -0.15) is 0 Å². The molecule has 0 aliphatic carbocycles. The highest BCUT2D eigenvalue weighted by molar-refractivity contribution is 9.10. The van der Waals surface area contributed by atoms with E-state index >= 15 is 0 Å². The van der Waals surface area contributed by atoms with Crippen LogP contribution in [0.2, 0.25) is 0 Å². The molecule has 4 heteroatoms. The third-order valence-corrected chi connectivity index (χ3v) is 4.21. The highest BCUT2D eigenvalue weighted by Crippen LogP contribution is 2.36. The van der Waals surface area contributed by atoms with Crippen molar-refractivity contribution < 1.29 is 9.90 Å². The van der Waals surface area contributed by atoms with Crippen LogP contribution >= 0.6 is 27.3 Å². The van der Waals surface area contributed by atoms with E-state index < -0.39 is 5.97 Å². The molecule has 2 aromatic rings. The Hall–Kier alpha value is -1.13. The number of carboxylic acid groups (broad SMARTS) is 1. The molecule has 88 valence electrons. The zero-order valence-electron chi connectivity index (χ0n) is 9.45. The van der Waals surface area contributed by atoms with E-state index in [1.54, 1.807) is 6.07 Å². The minimum absolute atomic E-state index is 0.367. The number of aryl methyl sites for hydroxylation is 2. The summed E-state index contributed by atoms with van der Waals surface area (Å²) < 4.78 is 1.01. The first-order valence-corrected chi connectivity index (χ1v) is 6.70. The van der Waals surface area contributed by atoms with Crippen molar-refractivity contribution in [2.75, 3.05) is 0 Å². The normalized spacial score (nSPS) is 10.5. The highest BCUT2D eigenvalue weighted by Gasteiger charge is 2.12. The topological polar surface area (TPSA) is 37.3 Å². The molecule has 2 nitrogen and oxygen atoms in total. The number of benzene rings is 1. The van der Waals surface area contributed by atoms with Gasteiger partial charge in [-0.3, -0.25) is 0 Å². The van der Waals surface area contributed by atoms with Crippen molar-refractivity contribution in [2.45, 2.75) is 13.8 Å². The number of aromatic carboxylic acids is 1. The standard InChI is InChI=1S/C13H11BrO2S/c1-7-5-8(2)12(9(14)6-7)10-3-4-11(17-10)13(15)16/h3-6H,1-2H3,(H,15,16).